The molecule has 2 aromatic carbocycles. The number of hydrogen-bond donors (Lipinski definition) is 1. The van der Waals surface area contributed by atoms with E-state index in [2.05, 4.69) is 24.1 Å². The molecule has 1 aromatic heterocycles. The molecule has 0 aliphatic carbocycles. The van der Waals surface area contributed by atoms with Gasteiger partial charge in [-0.3, -0.25) is 14.2 Å². The SMILES string of the molecule is CC(C)CCNC(=O)CSc1nc2ccccc2c(=O)n1-c1ccc(F)cc1F. The van der Waals surface area contributed by atoms with Crippen LogP contribution < -0.4 is 10.9 Å². The highest BCUT2D eigenvalue weighted by Crippen LogP contribution is 2.23. The quantitative estimate of drug-likeness (QED) is 0.468. The summed E-state index contributed by atoms with van der Waals surface area (Å²) in [7, 11) is 0. The lowest BCUT2D eigenvalue weighted by Crippen LogP contribution is -2.28. The number of halogens is 2. The van der Waals surface area contributed by atoms with Crippen LogP contribution in [0.5, 0.6) is 0 Å². The fraction of sp³-hybridized carbons (Fsp3) is 0.286. The largest absolute Gasteiger partial charge is 0.355 e. The van der Waals surface area contributed by atoms with Crippen LogP contribution in [0.1, 0.15) is 20.3 Å². The molecule has 1 amide bonds. The van der Waals surface area contributed by atoms with Crippen LogP contribution in [-0.4, -0.2) is 27.8 Å². The Labute approximate surface area is 171 Å². The van der Waals surface area contributed by atoms with E-state index >= 15 is 0 Å². The third kappa shape index (κ3) is 5.00. The molecule has 152 valence electrons. The average Bonchev–Trinajstić information content (AvgIpc) is 2.67. The normalized spacial score (nSPS) is 11.2. The smallest absolute Gasteiger partial charge is 0.266 e. The van der Waals surface area contributed by atoms with Crippen molar-refractivity contribution in [2.24, 2.45) is 5.92 Å². The van der Waals surface area contributed by atoms with E-state index < -0.39 is 17.2 Å². The lowest BCUT2D eigenvalue weighted by atomic mass is 10.1. The Morgan fingerprint density at radius 2 is 1.97 bits per heavy atom. The highest BCUT2D eigenvalue weighted by Gasteiger charge is 2.17. The van der Waals surface area contributed by atoms with Crippen molar-refractivity contribution in [2.45, 2.75) is 25.4 Å². The van der Waals surface area contributed by atoms with E-state index in [1.165, 1.54) is 6.07 Å². The zero-order valence-electron chi connectivity index (χ0n) is 16.1. The standard InChI is InChI=1S/C21H21F2N3O2S/c1-13(2)9-10-24-19(27)12-29-21-25-17-6-4-3-5-15(17)20(28)26(21)18-8-7-14(22)11-16(18)23/h3-8,11,13H,9-10,12H2,1-2H3,(H,24,27). The van der Waals surface area contributed by atoms with Gasteiger partial charge in [0.25, 0.3) is 5.56 Å². The molecule has 0 aliphatic heterocycles. The number of hydrogen-bond acceptors (Lipinski definition) is 4. The molecule has 0 radical (unpaired) electrons. The third-order valence-corrected chi connectivity index (χ3v) is 5.21. The number of rotatable bonds is 7. The van der Waals surface area contributed by atoms with Gasteiger partial charge in [-0.15, -0.1) is 0 Å². The van der Waals surface area contributed by atoms with Gasteiger partial charge >= 0.3 is 0 Å². The Kier molecular flexibility index (Phi) is 6.64. The predicted molar refractivity (Wildman–Crippen MR) is 110 cm³/mol. The number of aromatic nitrogens is 2. The molecule has 0 saturated carbocycles. The van der Waals surface area contributed by atoms with Gasteiger partial charge in [0.15, 0.2) is 5.16 Å². The predicted octanol–water partition coefficient (Wildman–Crippen LogP) is 3.92. The first-order chi connectivity index (χ1) is 13.9. The van der Waals surface area contributed by atoms with E-state index in [0.29, 0.717) is 29.4 Å². The number of amides is 1. The van der Waals surface area contributed by atoms with E-state index in [9.17, 15) is 18.4 Å². The van der Waals surface area contributed by atoms with Crippen molar-refractivity contribution in [1.29, 1.82) is 0 Å². The Morgan fingerprint density at radius 3 is 2.69 bits per heavy atom. The van der Waals surface area contributed by atoms with Crippen LogP contribution in [0.4, 0.5) is 8.78 Å². The highest BCUT2D eigenvalue weighted by atomic mass is 32.2. The second-order valence-corrected chi connectivity index (χ2v) is 7.91. The Bertz CT molecular complexity index is 1100. The van der Waals surface area contributed by atoms with Gasteiger partial charge in [0, 0.05) is 12.6 Å². The fourth-order valence-corrected chi connectivity index (χ4v) is 3.60. The van der Waals surface area contributed by atoms with Gasteiger partial charge in [0.1, 0.15) is 11.6 Å². The number of benzene rings is 2. The van der Waals surface area contributed by atoms with Crippen LogP contribution in [0.2, 0.25) is 0 Å². The molecular formula is C21H21F2N3O2S. The average molecular weight is 417 g/mol. The molecule has 0 aliphatic rings. The second kappa shape index (κ2) is 9.17. The van der Waals surface area contributed by atoms with Crippen molar-refractivity contribution in [3.8, 4) is 5.69 Å². The number of nitrogens with one attached hydrogen (secondary N) is 1. The molecule has 8 heteroatoms. The monoisotopic (exact) mass is 417 g/mol. The molecule has 0 bridgehead atoms. The molecular weight excluding hydrogens is 396 g/mol. The fourth-order valence-electron chi connectivity index (χ4n) is 2.77. The topological polar surface area (TPSA) is 64.0 Å². The number of carbonyl (C=O) groups is 1. The van der Waals surface area contributed by atoms with Crippen LogP contribution in [0.25, 0.3) is 16.6 Å². The summed E-state index contributed by atoms with van der Waals surface area (Å²) in [6.07, 6.45) is 0.857. The van der Waals surface area contributed by atoms with Crippen LogP contribution in [0.15, 0.2) is 52.4 Å². The van der Waals surface area contributed by atoms with Gasteiger partial charge in [-0.2, -0.15) is 0 Å². The Morgan fingerprint density at radius 1 is 1.21 bits per heavy atom. The first-order valence-corrected chi connectivity index (χ1v) is 10.2. The summed E-state index contributed by atoms with van der Waals surface area (Å²) in [6, 6.07) is 9.67. The van der Waals surface area contributed by atoms with E-state index in [1.54, 1.807) is 24.3 Å². The number of para-hydroxylation sites is 1. The highest BCUT2D eigenvalue weighted by molar-refractivity contribution is 7.99. The van der Waals surface area contributed by atoms with Gasteiger partial charge < -0.3 is 5.32 Å². The van der Waals surface area contributed by atoms with Gasteiger partial charge in [0.2, 0.25) is 5.91 Å². The van der Waals surface area contributed by atoms with E-state index in [0.717, 1.165) is 28.8 Å². The number of carbonyl (C=O) groups excluding carboxylic acids is 1. The van der Waals surface area contributed by atoms with Crippen molar-refractivity contribution in [3.05, 3.63) is 64.5 Å². The molecule has 1 heterocycles. The van der Waals surface area contributed by atoms with Crippen molar-refractivity contribution >= 4 is 28.6 Å². The maximum absolute atomic E-state index is 14.4. The Hall–Kier alpha value is -2.74. The second-order valence-electron chi connectivity index (χ2n) is 6.97. The third-order valence-electron chi connectivity index (χ3n) is 4.27. The molecule has 0 unspecified atom stereocenters. The van der Waals surface area contributed by atoms with Crippen LogP contribution in [0, 0.1) is 17.6 Å². The molecule has 1 N–H and O–H groups in total. The summed E-state index contributed by atoms with van der Waals surface area (Å²) in [4.78, 5) is 29.6. The molecule has 0 spiro atoms. The minimum Gasteiger partial charge on any atom is -0.355 e. The molecule has 5 nitrogen and oxygen atoms in total. The maximum Gasteiger partial charge on any atom is 0.266 e. The van der Waals surface area contributed by atoms with Crippen LogP contribution in [0.3, 0.4) is 0 Å². The lowest BCUT2D eigenvalue weighted by molar-refractivity contribution is -0.118. The van der Waals surface area contributed by atoms with Crippen molar-refractivity contribution in [3.63, 3.8) is 0 Å². The first-order valence-electron chi connectivity index (χ1n) is 9.23. The van der Waals surface area contributed by atoms with Gasteiger partial charge in [-0.25, -0.2) is 13.8 Å². The van der Waals surface area contributed by atoms with E-state index in [1.807, 2.05) is 0 Å². The minimum atomic E-state index is -0.882. The van der Waals surface area contributed by atoms with Crippen molar-refractivity contribution < 1.29 is 13.6 Å². The van der Waals surface area contributed by atoms with Crippen molar-refractivity contribution in [1.82, 2.24) is 14.9 Å². The number of fused-ring (bicyclic) bond motifs is 1. The van der Waals surface area contributed by atoms with Gasteiger partial charge in [-0.1, -0.05) is 37.7 Å². The zero-order chi connectivity index (χ0) is 21.0. The summed E-state index contributed by atoms with van der Waals surface area (Å²) in [5.74, 6) is -1.34. The summed E-state index contributed by atoms with van der Waals surface area (Å²) in [6.45, 7) is 4.69. The minimum absolute atomic E-state index is 0.0195. The number of nitrogens with zero attached hydrogens (tertiary/aromatic N) is 2. The van der Waals surface area contributed by atoms with Crippen LogP contribution in [-0.2, 0) is 4.79 Å². The number of thioether (sulfide) groups is 1. The Balaban J connectivity index is 1.97. The maximum atomic E-state index is 14.4. The van der Waals surface area contributed by atoms with Crippen LogP contribution >= 0.6 is 11.8 Å². The lowest BCUT2D eigenvalue weighted by Gasteiger charge is -2.14. The molecule has 3 aromatic rings. The van der Waals surface area contributed by atoms with E-state index in [-0.39, 0.29) is 22.5 Å². The summed E-state index contributed by atoms with van der Waals surface area (Å²) >= 11 is 1.03. The summed E-state index contributed by atoms with van der Waals surface area (Å²) in [5.41, 5.74) is -0.153. The van der Waals surface area contributed by atoms with E-state index in [4.69, 9.17) is 0 Å². The summed E-state index contributed by atoms with van der Waals surface area (Å²) in [5, 5.41) is 3.29. The molecule has 0 fully saturated rings. The first kappa shape index (κ1) is 21.0. The zero-order valence-corrected chi connectivity index (χ0v) is 16.9. The van der Waals surface area contributed by atoms with Crippen molar-refractivity contribution in [2.75, 3.05) is 12.3 Å². The molecule has 0 atom stereocenters. The molecule has 3 rings (SSSR count). The molecule has 29 heavy (non-hydrogen) atoms. The van der Waals surface area contributed by atoms with Gasteiger partial charge in [0.05, 0.1) is 22.3 Å². The van der Waals surface area contributed by atoms with Gasteiger partial charge in [-0.05, 0) is 36.6 Å². The summed E-state index contributed by atoms with van der Waals surface area (Å²) < 4.78 is 28.9. The molecule has 0 saturated heterocycles.